The number of nitrogens with zero attached hydrogens (tertiary/aromatic N) is 1. The SMILES string of the molecule is CCOC(=O)/C=C/C(=O)OCCCCCCOc1ccc(-c2ccc(C#N)cc2)cc1. The Morgan fingerprint density at radius 2 is 1.35 bits per heavy atom. The van der Waals surface area contributed by atoms with Crippen molar-refractivity contribution in [3.05, 3.63) is 66.2 Å². The molecular weight excluding hydrogens is 394 g/mol. The molecule has 31 heavy (non-hydrogen) atoms. The second-order valence-corrected chi connectivity index (χ2v) is 6.73. The normalized spacial score (nSPS) is 10.5. The molecule has 2 rings (SSSR count). The molecule has 6 nitrogen and oxygen atoms in total. The molecule has 2 aromatic carbocycles. The van der Waals surface area contributed by atoms with Crippen molar-refractivity contribution >= 4 is 11.9 Å². The average molecular weight is 421 g/mol. The summed E-state index contributed by atoms with van der Waals surface area (Å²) in [5, 5.41) is 8.87. The molecule has 0 bridgehead atoms. The lowest BCUT2D eigenvalue weighted by Crippen LogP contribution is -2.05. The Hall–Kier alpha value is -3.59. The number of hydrogen-bond acceptors (Lipinski definition) is 6. The standard InChI is InChI=1S/C25H27NO5/c1-2-29-24(27)15-16-25(28)31-18-6-4-3-5-17-30-23-13-11-22(12-14-23)21-9-7-20(19-26)8-10-21/h7-16H,2-6,17-18H2,1H3/b16-15+. The maximum absolute atomic E-state index is 11.4. The quantitative estimate of drug-likeness (QED) is 0.277. The van der Waals surface area contributed by atoms with Gasteiger partial charge in [-0.25, -0.2) is 9.59 Å². The Bertz CT molecular complexity index is 895. The first-order valence-electron chi connectivity index (χ1n) is 10.4. The second-order valence-electron chi connectivity index (χ2n) is 6.73. The van der Waals surface area contributed by atoms with Gasteiger partial charge >= 0.3 is 11.9 Å². The molecule has 0 aliphatic carbocycles. The fourth-order valence-electron chi connectivity index (χ4n) is 2.78. The molecule has 0 heterocycles. The van der Waals surface area contributed by atoms with Crippen LogP contribution < -0.4 is 4.74 Å². The third kappa shape index (κ3) is 9.18. The molecule has 0 aliphatic rings. The summed E-state index contributed by atoms with van der Waals surface area (Å²) >= 11 is 0. The summed E-state index contributed by atoms with van der Waals surface area (Å²) in [5.74, 6) is -0.274. The molecule has 0 amide bonds. The van der Waals surface area contributed by atoms with E-state index in [0.29, 0.717) is 18.8 Å². The van der Waals surface area contributed by atoms with E-state index in [1.54, 1.807) is 19.1 Å². The number of ether oxygens (including phenoxy) is 3. The Kier molecular flexibility index (Phi) is 10.4. The highest BCUT2D eigenvalue weighted by Gasteiger charge is 2.01. The molecule has 0 saturated carbocycles. The van der Waals surface area contributed by atoms with E-state index < -0.39 is 11.9 Å². The smallest absolute Gasteiger partial charge is 0.331 e. The predicted molar refractivity (Wildman–Crippen MR) is 117 cm³/mol. The van der Waals surface area contributed by atoms with Gasteiger partial charge < -0.3 is 14.2 Å². The van der Waals surface area contributed by atoms with Gasteiger partial charge in [-0.1, -0.05) is 24.3 Å². The molecule has 0 radical (unpaired) electrons. The maximum atomic E-state index is 11.4. The van der Waals surface area contributed by atoms with Crippen LogP contribution in [0.4, 0.5) is 0 Å². The summed E-state index contributed by atoms with van der Waals surface area (Å²) in [6, 6.07) is 17.5. The molecule has 0 unspecified atom stereocenters. The van der Waals surface area contributed by atoms with Crippen molar-refractivity contribution in [1.82, 2.24) is 0 Å². The van der Waals surface area contributed by atoms with Crippen molar-refractivity contribution in [2.24, 2.45) is 0 Å². The van der Waals surface area contributed by atoms with Gasteiger partial charge in [-0.05, 0) is 68.0 Å². The Balaban J connectivity index is 1.56. The summed E-state index contributed by atoms with van der Waals surface area (Å²) in [6.07, 6.45) is 5.72. The average Bonchev–Trinajstić information content (AvgIpc) is 2.80. The molecular formula is C25H27NO5. The molecule has 0 aliphatic heterocycles. The van der Waals surface area contributed by atoms with Crippen LogP contribution in [0.15, 0.2) is 60.7 Å². The molecule has 0 saturated heterocycles. The first-order valence-corrected chi connectivity index (χ1v) is 10.4. The molecule has 0 N–H and O–H groups in total. The van der Waals surface area contributed by atoms with E-state index in [1.165, 1.54) is 0 Å². The highest BCUT2D eigenvalue weighted by molar-refractivity contribution is 5.91. The topological polar surface area (TPSA) is 85.6 Å². The van der Waals surface area contributed by atoms with Crippen LogP contribution in [0.1, 0.15) is 38.2 Å². The molecule has 0 spiro atoms. The predicted octanol–water partition coefficient (Wildman–Crippen LogP) is 4.83. The van der Waals surface area contributed by atoms with E-state index in [9.17, 15) is 9.59 Å². The molecule has 6 heteroatoms. The van der Waals surface area contributed by atoms with E-state index in [1.807, 2.05) is 36.4 Å². The minimum atomic E-state index is -0.552. The number of esters is 2. The zero-order chi connectivity index (χ0) is 22.3. The van der Waals surface area contributed by atoms with Crippen molar-refractivity contribution < 1.29 is 23.8 Å². The van der Waals surface area contributed by atoms with Gasteiger partial charge in [0.2, 0.25) is 0 Å². The van der Waals surface area contributed by atoms with Crippen LogP contribution in [0.25, 0.3) is 11.1 Å². The Labute approximate surface area is 183 Å². The molecule has 0 aromatic heterocycles. The van der Waals surface area contributed by atoms with Crippen molar-refractivity contribution in [1.29, 1.82) is 5.26 Å². The largest absolute Gasteiger partial charge is 0.494 e. The van der Waals surface area contributed by atoms with Crippen molar-refractivity contribution in [2.75, 3.05) is 19.8 Å². The summed E-state index contributed by atoms with van der Waals surface area (Å²) in [6.45, 7) is 2.91. The second kappa shape index (κ2) is 13.6. The van der Waals surface area contributed by atoms with Crippen LogP contribution in [-0.4, -0.2) is 31.8 Å². The summed E-state index contributed by atoms with van der Waals surface area (Å²) in [4.78, 5) is 22.5. The molecule has 0 fully saturated rings. The van der Waals surface area contributed by atoms with Crippen molar-refractivity contribution in [2.45, 2.75) is 32.6 Å². The molecule has 2 aromatic rings. The van der Waals surface area contributed by atoms with E-state index >= 15 is 0 Å². The molecule has 162 valence electrons. The zero-order valence-electron chi connectivity index (χ0n) is 17.7. The lowest BCUT2D eigenvalue weighted by molar-refractivity contribution is -0.140. The van der Waals surface area contributed by atoms with Gasteiger partial charge in [-0.3, -0.25) is 0 Å². The summed E-state index contributed by atoms with van der Waals surface area (Å²) in [7, 11) is 0. The van der Waals surface area contributed by atoms with Gasteiger partial charge in [-0.2, -0.15) is 5.26 Å². The fourth-order valence-corrected chi connectivity index (χ4v) is 2.78. The zero-order valence-corrected chi connectivity index (χ0v) is 17.7. The van der Waals surface area contributed by atoms with Crippen LogP contribution in [0, 0.1) is 11.3 Å². The maximum Gasteiger partial charge on any atom is 0.331 e. The van der Waals surface area contributed by atoms with E-state index in [0.717, 1.165) is 54.7 Å². The van der Waals surface area contributed by atoms with Crippen LogP contribution >= 0.6 is 0 Å². The number of benzene rings is 2. The van der Waals surface area contributed by atoms with Crippen molar-refractivity contribution in [3.8, 4) is 22.9 Å². The minimum absolute atomic E-state index is 0.270. The lowest BCUT2D eigenvalue weighted by Gasteiger charge is -2.08. The first-order chi connectivity index (χ1) is 15.1. The van der Waals surface area contributed by atoms with Gasteiger partial charge in [0.25, 0.3) is 0 Å². The van der Waals surface area contributed by atoms with Gasteiger partial charge in [0.1, 0.15) is 5.75 Å². The van der Waals surface area contributed by atoms with Gasteiger partial charge in [0.05, 0.1) is 31.5 Å². The van der Waals surface area contributed by atoms with E-state index in [-0.39, 0.29) is 6.61 Å². The van der Waals surface area contributed by atoms with Gasteiger partial charge in [0.15, 0.2) is 0 Å². The third-order valence-corrected chi connectivity index (χ3v) is 4.40. The lowest BCUT2D eigenvalue weighted by atomic mass is 10.0. The molecule has 0 atom stereocenters. The fraction of sp³-hybridized carbons (Fsp3) is 0.320. The van der Waals surface area contributed by atoms with E-state index in [4.69, 9.17) is 14.7 Å². The number of nitriles is 1. The highest BCUT2D eigenvalue weighted by atomic mass is 16.5. The number of unbranched alkanes of at least 4 members (excludes halogenated alkanes) is 3. The number of rotatable bonds is 12. The first kappa shape index (κ1) is 23.7. The highest BCUT2D eigenvalue weighted by Crippen LogP contribution is 2.23. The Morgan fingerprint density at radius 3 is 1.94 bits per heavy atom. The van der Waals surface area contributed by atoms with Crippen LogP contribution in [-0.2, 0) is 19.1 Å². The van der Waals surface area contributed by atoms with Gasteiger partial charge in [0, 0.05) is 12.2 Å². The number of hydrogen-bond donors (Lipinski definition) is 0. The van der Waals surface area contributed by atoms with Crippen molar-refractivity contribution in [3.63, 3.8) is 0 Å². The van der Waals surface area contributed by atoms with Crippen LogP contribution in [0.2, 0.25) is 0 Å². The third-order valence-electron chi connectivity index (χ3n) is 4.40. The number of carbonyl (C=O) groups is 2. The monoisotopic (exact) mass is 421 g/mol. The van der Waals surface area contributed by atoms with E-state index in [2.05, 4.69) is 10.8 Å². The van der Waals surface area contributed by atoms with Crippen LogP contribution in [0.3, 0.4) is 0 Å². The summed E-state index contributed by atoms with van der Waals surface area (Å²) in [5.41, 5.74) is 2.78. The van der Waals surface area contributed by atoms with Crippen LogP contribution in [0.5, 0.6) is 5.75 Å². The minimum Gasteiger partial charge on any atom is -0.494 e. The van der Waals surface area contributed by atoms with Gasteiger partial charge in [-0.15, -0.1) is 0 Å². The Morgan fingerprint density at radius 1 is 0.806 bits per heavy atom. The summed E-state index contributed by atoms with van der Waals surface area (Å²) < 4.78 is 15.5. The number of carbonyl (C=O) groups excluding carboxylic acids is 2.